The number of hydrogen-bond acceptors (Lipinski definition) is 5. The molecule has 0 bridgehead atoms. The van der Waals surface area contributed by atoms with Gasteiger partial charge < -0.3 is 10.6 Å². The fourth-order valence-electron chi connectivity index (χ4n) is 2.26. The fourth-order valence-corrected chi connectivity index (χ4v) is 2.44. The Kier molecular flexibility index (Phi) is 4.24. The van der Waals surface area contributed by atoms with Gasteiger partial charge >= 0.3 is 0 Å². The molecule has 18 heavy (non-hydrogen) atoms. The van der Waals surface area contributed by atoms with Gasteiger partial charge in [-0.15, -0.1) is 0 Å². The second-order valence-electron chi connectivity index (χ2n) is 5.09. The normalized spacial score (nSPS) is 17.4. The van der Waals surface area contributed by atoms with Gasteiger partial charge in [0.25, 0.3) is 0 Å². The minimum Gasteiger partial charge on any atom is -0.368 e. The molecule has 1 aliphatic rings. The Bertz CT molecular complexity index is 381. The third-order valence-corrected chi connectivity index (χ3v) is 3.21. The molecule has 0 radical (unpaired) electrons. The van der Waals surface area contributed by atoms with Crippen LogP contribution in [0.3, 0.4) is 0 Å². The first kappa shape index (κ1) is 13.4. The van der Waals surface area contributed by atoms with Crippen molar-refractivity contribution in [3.63, 3.8) is 0 Å². The number of hydrogen-bond donors (Lipinski definition) is 1. The van der Waals surface area contributed by atoms with Gasteiger partial charge in [-0.2, -0.15) is 4.98 Å². The summed E-state index contributed by atoms with van der Waals surface area (Å²) >= 11 is 5.90. The van der Waals surface area contributed by atoms with Gasteiger partial charge in [-0.3, -0.25) is 4.90 Å². The minimum absolute atomic E-state index is 0.238. The molecule has 1 aromatic rings. The lowest BCUT2D eigenvalue weighted by Crippen LogP contribution is -2.47. The minimum atomic E-state index is 0.238. The van der Waals surface area contributed by atoms with Crippen LogP contribution >= 0.6 is 11.6 Å². The first-order valence-electron chi connectivity index (χ1n) is 6.32. The summed E-state index contributed by atoms with van der Waals surface area (Å²) in [6.45, 7) is 9.67. The third-order valence-electron chi connectivity index (χ3n) is 3.02. The lowest BCUT2D eigenvalue weighted by atomic mass is 10.2. The van der Waals surface area contributed by atoms with Crippen LogP contribution in [-0.4, -0.2) is 47.6 Å². The molecule has 1 fully saturated rings. The highest BCUT2D eigenvalue weighted by Crippen LogP contribution is 2.18. The molecule has 6 heteroatoms. The molecule has 100 valence electrons. The number of anilines is 2. The van der Waals surface area contributed by atoms with Crippen LogP contribution in [0.2, 0.25) is 5.15 Å². The SMILES string of the molecule is CC(C)CN1CCN(c2cc(Cl)nc(N)n2)CC1. The van der Waals surface area contributed by atoms with Crippen LogP contribution in [-0.2, 0) is 0 Å². The van der Waals surface area contributed by atoms with Crippen molar-refractivity contribution >= 4 is 23.4 Å². The van der Waals surface area contributed by atoms with Gasteiger partial charge in [0, 0.05) is 38.8 Å². The number of nitrogens with two attached hydrogens (primary N) is 1. The molecular formula is C12H20ClN5. The number of piperazine rings is 1. The van der Waals surface area contributed by atoms with Gasteiger partial charge in [-0.1, -0.05) is 25.4 Å². The summed E-state index contributed by atoms with van der Waals surface area (Å²) in [6, 6.07) is 1.77. The summed E-state index contributed by atoms with van der Waals surface area (Å²) in [5.41, 5.74) is 5.62. The second-order valence-corrected chi connectivity index (χ2v) is 5.48. The molecule has 0 amide bonds. The van der Waals surface area contributed by atoms with E-state index in [-0.39, 0.29) is 5.95 Å². The molecule has 0 saturated carbocycles. The predicted molar refractivity (Wildman–Crippen MR) is 74.9 cm³/mol. The molecule has 0 spiro atoms. The number of halogens is 1. The summed E-state index contributed by atoms with van der Waals surface area (Å²) in [4.78, 5) is 12.8. The van der Waals surface area contributed by atoms with Crippen molar-refractivity contribution in [2.75, 3.05) is 43.4 Å². The molecule has 2 rings (SSSR count). The van der Waals surface area contributed by atoms with E-state index in [2.05, 4.69) is 33.6 Å². The van der Waals surface area contributed by atoms with Crippen LogP contribution in [0.1, 0.15) is 13.8 Å². The molecule has 0 unspecified atom stereocenters. The van der Waals surface area contributed by atoms with E-state index in [0.717, 1.165) is 38.5 Å². The Morgan fingerprint density at radius 1 is 1.28 bits per heavy atom. The zero-order valence-corrected chi connectivity index (χ0v) is 11.7. The summed E-state index contributed by atoms with van der Waals surface area (Å²) in [5.74, 6) is 1.78. The molecule has 2 heterocycles. The van der Waals surface area contributed by atoms with E-state index >= 15 is 0 Å². The first-order valence-corrected chi connectivity index (χ1v) is 6.70. The van der Waals surface area contributed by atoms with Gasteiger partial charge in [0.15, 0.2) is 0 Å². The van der Waals surface area contributed by atoms with E-state index < -0.39 is 0 Å². The summed E-state index contributed by atoms with van der Waals surface area (Å²) in [5, 5.41) is 0.405. The van der Waals surface area contributed by atoms with Gasteiger partial charge in [0.05, 0.1) is 0 Å². The van der Waals surface area contributed by atoms with Crippen LogP contribution in [0, 0.1) is 5.92 Å². The number of nitrogens with zero attached hydrogens (tertiary/aromatic N) is 4. The monoisotopic (exact) mass is 269 g/mol. The lowest BCUT2D eigenvalue weighted by Gasteiger charge is -2.36. The van der Waals surface area contributed by atoms with Crippen molar-refractivity contribution in [3.05, 3.63) is 11.2 Å². The second kappa shape index (κ2) is 5.71. The Morgan fingerprint density at radius 3 is 2.50 bits per heavy atom. The Morgan fingerprint density at radius 2 is 1.94 bits per heavy atom. The van der Waals surface area contributed by atoms with Crippen LogP contribution in [0.15, 0.2) is 6.07 Å². The van der Waals surface area contributed by atoms with Crippen molar-refractivity contribution in [2.24, 2.45) is 5.92 Å². The van der Waals surface area contributed by atoms with Crippen LogP contribution in [0.5, 0.6) is 0 Å². The molecule has 0 aliphatic carbocycles. The number of nitrogen functional groups attached to an aromatic ring is 1. The molecule has 1 aromatic heterocycles. The summed E-state index contributed by atoms with van der Waals surface area (Å²) in [7, 11) is 0. The zero-order valence-electron chi connectivity index (χ0n) is 10.9. The molecule has 0 atom stereocenters. The van der Waals surface area contributed by atoms with E-state index in [0.29, 0.717) is 11.1 Å². The van der Waals surface area contributed by atoms with Gasteiger partial charge in [0.2, 0.25) is 5.95 Å². The van der Waals surface area contributed by atoms with Crippen molar-refractivity contribution in [1.29, 1.82) is 0 Å². The molecular weight excluding hydrogens is 250 g/mol. The fraction of sp³-hybridized carbons (Fsp3) is 0.667. The largest absolute Gasteiger partial charge is 0.368 e. The maximum absolute atomic E-state index is 5.90. The highest BCUT2D eigenvalue weighted by atomic mass is 35.5. The highest BCUT2D eigenvalue weighted by molar-refractivity contribution is 6.29. The van der Waals surface area contributed by atoms with E-state index in [1.807, 2.05) is 0 Å². The Labute approximate surface area is 113 Å². The van der Waals surface area contributed by atoms with Crippen molar-refractivity contribution in [3.8, 4) is 0 Å². The van der Waals surface area contributed by atoms with E-state index in [1.54, 1.807) is 6.07 Å². The smallest absolute Gasteiger partial charge is 0.223 e. The van der Waals surface area contributed by atoms with Crippen LogP contribution in [0.4, 0.5) is 11.8 Å². The topological polar surface area (TPSA) is 58.3 Å². The van der Waals surface area contributed by atoms with Gasteiger partial charge in [0.1, 0.15) is 11.0 Å². The van der Waals surface area contributed by atoms with Crippen molar-refractivity contribution < 1.29 is 0 Å². The van der Waals surface area contributed by atoms with Crippen LogP contribution in [0.25, 0.3) is 0 Å². The average molecular weight is 270 g/mol. The maximum Gasteiger partial charge on any atom is 0.223 e. The average Bonchev–Trinajstić information content (AvgIpc) is 2.27. The van der Waals surface area contributed by atoms with Gasteiger partial charge in [-0.05, 0) is 5.92 Å². The number of aromatic nitrogens is 2. The lowest BCUT2D eigenvalue weighted by molar-refractivity contribution is 0.231. The molecule has 5 nitrogen and oxygen atoms in total. The molecule has 1 saturated heterocycles. The van der Waals surface area contributed by atoms with Crippen LogP contribution < -0.4 is 10.6 Å². The maximum atomic E-state index is 5.90. The summed E-state index contributed by atoms with van der Waals surface area (Å²) < 4.78 is 0. The standard InChI is InChI=1S/C12H20ClN5/c1-9(2)8-17-3-5-18(6-4-17)11-7-10(13)15-12(14)16-11/h7,9H,3-6,8H2,1-2H3,(H2,14,15,16). The quantitative estimate of drug-likeness (QED) is 0.843. The highest BCUT2D eigenvalue weighted by Gasteiger charge is 2.19. The van der Waals surface area contributed by atoms with Crippen molar-refractivity contribution in [2.45, 2.75) is 13.8 Å². The van der Waals surface area contributed by atoms with E-state index in [4.69, 9.17) is 17.3 Å². The van der Waals surface area contributed by atoms with E-state index in [9.17, 15) is 0 Å². The van der Waals surface area contributed by atoms with E-state index in [1.165, 1.54) is 0 Å². The molecule has 0 aromatic carbocycles. The first-order chi connectivity index (χ1) is 8.54. The molecule has 1 aliphatic heterocycles. The Hall–Kier alpha value is -1.07. The zero-order chi connectivity index (χ0) is 13.1. The predicted octanol–water partition coefficient (Wildman–Crippen LogP) is 1.49. The molecule has 2 N–H and O–H groups in total. The van der Waals surface area contributed by atoms with Crippen molar-refractivity contribution in [1.82, 2.24) is 14.9 Å². The van der Waals surface area contributed by atoms with Gasteiger partial charge in [-0.25, -0.2) is 4.98 Å². The third kappa shape index (κ3) is 3.46. The Balaban J connectivity index is 1.96. The summed E-state index contributed by atoms with van der Waals surface area (Å²) in [6.07, 6.45) is 0. The number of rotatable bonds is 3.